The summed E-state index contributed by atoms with van der Waals surface area (Å²) in [6, 6.07) is 4.71. The van der Waals surface area contributed by atoms with Crippen LogP contribution < -0.4 is 10.6 Å². The molecule has 2 rings (SSSR count). The fourth-order valence-electron chi connectivity index (χ4n) is 2.19. The molecule has 1 saturated carbocycles. The van der Waals surface area contributed by atoms with Crippen LogP contribution in [0.2, 0.25) is 5.02 Å². The fraction of sp³-hybridized carbons (Fsp3) is 0.462. The second kappa shape index (κ2) is 6.59. The number of urea groups is 1. The topological polar surface area (TPSA) is 61.4 Å². The van der Waals surface area contributed by atoms with Gasteiger partial charge in [-0.2, -0.15) is 0 Å². The zero-order chi connectivity index (χ0) is 13.8. The highest BCUT2D eigenvalue weighted by Crippen LogP contribution is 2.25. The van der Waals surface area contributed by atoms with Crippen molar-refractivity contribution in [2.24, 2.45) is 0 Å². The number of hydrogen-bond donors (Lipinski definition) is 3. The number of aliphatic hydroxyl groups excluding tert-OH is 1. The van der Waals surface area contributed by atoms with Gasteiger partial charge in [0.25, 0.3) is 0 Å². The van der Waals surface area contributed by atoms with Crippen molar-refractivity contribution < 1.29 is 9.90 Å². The van der Waals surface area contributed by atoms with E-state index >= 15 is 0 Å². The largest absolute Gasteiger partial charge is 0.391 e. The molecule has 0 unspecified atom stereocenters. The van der Waals surface area contributed by atoms with Crippen molar-refractivity contribution in [3.63, 3.8) is 0 Å². The maximum Gasteiger partial charge on any atom is 0.319 e. The highest BCUT2D eigenvalue weighted by molar-refractivity contribution is 9.10. The van der Waals surface area contributed by atoms with E-state index in [0.717, 1.165) is 30.2 Å². The highest BCUT2D eigenvalue weighted by Gasteiger charge is 2.24. The summed E-state index contributed by atoms with van der Waals surface area (Å²) in [4.78, 5) is 11.8. The Morgan fingerprint density at radius 1 is 1.37 bits per heavy atom. The molecule has 1 aromatic rings. The molecule has 0 aliphatic heterocycles. The van der Waals surface area contributed by atoms with Gasteiger partial charge < -0.3 is 15.7 Å². The van der Waals surface area contributed by atoms with E-state index in [2.05, 4.69) is 26.6 Å². The summed E-state index contributed by atoms with van der Waals surface area (Å²) in [6.07, 6.45) is 3.16. The van der Waals surface area contributed by atoms with Crippen LogP contribution in [-0.2, 0) is 0 Å². The summed E-state index contributed by atoms with van der Waals surface area (Å²) in [5, 5.41) is 15.8. The first-order valence-electron chi connectivity index (χ1n) is 6.27. The molecule has 0 aromatic heterocycles. The molecule has 0 radical (unpaired) electrons. The van der Waals surface area contributed by atoms with Gasteiger partial charge in [-0.1, -0.05) is 24.4 Å². The monoisotopic (exact) mass is 346 g/mol. The smallest absolute Gasteiger partial charge is 0.319 e. The Bertz CT molecular complexity index is 470. The quantitative estimate of drug-likeness (QED) is 0.766. The first-order chi connectivity index (χ1) is 9.06. The number of carbonyl (C=O) groups excluding carboxylic acids is 1. The van der Waals surface area contributed by atoms with Gasteiger partial charge in [0.1, 0.15) is 0 Å². The average Bonchev–Trinajstić information content (AvgIpc) is 2.37. The zero-order valence-corrected chi connectivity index (χ0v) is 12.7. The van der Waals surface area contributed by atoms with Gasteiger partial charge in [-0.05, 0) is 47.0 Å². The summed E-state index contributed by atoms with van der Waals surface area (Å²) in [5.41, 5.74) is 0.621. The van der Waals surface area contributed by atoms with E-state index in [9.17, 15) is 9.90 Å². The summed E-state index contributed by atoms with van der Waals surface area (Å²) in [7, 11) is 0. The minimum absolute atomic E-state index is 0.167. The SMILES string of the molecule is O=C(Nc1ccc(Br)c(Cl)c1)N[C@H]1CCCC[C@@H]1O. The van der Waals surface area contributed by atoms with Crippen molar-refractivity contribution in [1.82, 2.24) is 5.32 Å². The molecule has 2 atom stereocenters. The summed E-state index contributed by atoms with van der Waals surface area (Å²) in [5.74, 6) is 0. The van der Waals surface area contributed by atoms with Crippen molar-refractivity contribution >= 4 is 39.2 Å². The standard InChI is InChI=1S/C13H16BrClN2O2/c14-9-6-5-8(7-10(9)15)16-13(19)17-11-3-1-2-4-12(11)18/h5-7,11-12,18H,1-4H2,(H2,16,17,19)/t11-,12-/m0/s1. The molecule has 2 amide bonds. The van der Waals surface area contributed by atoms with Crippen LogP contribution in [0.4, 0.5) is 10.5 Å². The lowest BCUT2D eigenvalue weighted by Crippen LogP contribution is -2.46. The van der Waals surface area contributed by atoms with Gasteiger partial charge in [0.05, 0.1) is 17.2 Å². The van der Waals surface area contributed by atoms with Crippen molar-refractivity contribution in [1.29, 1.82) is 0 Å². The number of aliphatic hydroxyl groups is 1. The molecule has 1 aromatic carbocycles. The molecule has 0 spiro atoms. The minimum Gasteiger partial charge on any atom is -0.391 e. The van der Waals surface area contributed by atoms with Crippen molar-refractivity contribution in [3.05, 3.63) is 27.7 Å². The average molecular weight is 348 g/mol. The number of rotatable bonds is 2. The van der Waals surface area contributed by atoms with E-state index in [0.29, 0.717) is 10.7 Å². The Morgan fingerprint density at radius 2 is 2.11 bits per heavy atom. The third-order valence-electron chi connectivity index (χ3n) is 3.22. The molecule has 0 saturated heterocycles. The van der Waals surface area contributed by atoms with Gasteiger partial charge in [0.2, 0.25) is 0 Å². The molecule has 1 aliphatic rings. The first kappa shape index (κ1) is 14.6. The molecule has 104 valence electrons. The summed E-state index contributed by atoms with van der Waals surface area (Å²) in [6.45, 7) is 0. The minimum atomic E-state index is -0.451. The molecule has 0 heterocycles. The summed E-state index contributed by atoms with van der Waals surface area (Å²) >= 11 is 9.24. The van der Waals surface area contributed by atoms with Crippen LogP contribution in [-0.4, -0.2) is 23.3 Å². The molecule has 6 heteroatoms. The lowest BCUT2D eigenvalue weighted by Gasteiger charge is -2.28. The molecule has 19 heavy (non-hydrogen) atoms. The van der Waals surface area contributed by atoms with Crippen LogP contribution in [0.25, 0.3) is 0 Å². The van der Waals surface area contributed by atoms with Crippen molar-refractivity contribution in [2.45, 2.75) is 37.8 Å². The van der Waals surface area contributed by atoms with Crippen LogP contribution in [0.5, 0.6) is 0 Å². The van der Waals surface area contributed by atoms with E-state index in [1.54, 1.807) is 18.2 Å². The number of amides is 2. The van der Waals surface area contributed by atoms with Gasteiger partial charge in [-0.3, -0.25) is 0 Å². The molecular weight excluding hydrogens is 332 g/mol. The van der Waals surface area contributed by atoms with E-state index in [-0.39, 0.29) is 12.1 Å². The number of benzene rings is 1. The van der Waals surface area contributed by atoms with Crippen LogP contribution in [0.1, 0.15) is 25.7 Å². The van der Waals surface area contributed by atoms with Gasteiger partial charge >= 0.3 is 6.03 Å². The lowest BCUT2D eigenvalue weighted by molar-refractivity contribution is 0.0955. The molecule has 1 fully saturated rings. The fourth-order valence-corrected chi connectivity index (χ4v) is 2.62. The van der Waals surface area contributed by atoms with E-state index in [1.165, 1.54) is 0 Å². The van der Waals surface area contributed by atoms with Crippen molar-refractivity contribution in [3.8, 4) is 0 Å². The predicted molar refractivity (Wildman–Crippen MR) is 79.6 cm³/mol. The van der Waals surface area contributed by atoms with Gasteiger partial charge in [-0.15, -0.1) is 0 Å². The van der Waals surface area contributed by atoms with Gasteiger partial charge in [0.15, 0.2) is 0 Å². The second-order valence-corrected chi connectivity index (χ2v) is 5.95. The number of carbonyl (C=O) groups is 1. The van der Waals surface area contributed by atoms with Crippen LogP contribution in [0.15, 0.2) is 22.7 Å². The van der Waals surface area contributed by atoms with Gasteiger partial charge in [0, 0.05) is 10.2 Å². The summed E-state index contributed by atoms with van der Waals surface area (Å²) < 4.78 is 0.780. The number of hydrogen-bond acceptors (Lipinski definition) is 2. The molecular formula is C13H16BrClN2O2. The van der Waals surface area contributed by atoms with Gasteiger partial charge in [-0.25, -0.2) is 4.79 Å². The lowest BCUT2D eigenvalue weighted by atomic mass is 9.93. The highest BCUT2D eigenvalue weighted by atomic mass is 79.9. The second-order valence-electron chi connectivity index (χ2n) is 4.69. The Labute approximate surface area is 125 Å². The molecule has 4 nitrogen and oxygen atoms in total. The third kappa shape index (κ3) is 4.09. The van der Waals surface area contributed by atoms with Crippen LogP contribution >= 0.6 is 27.5 Å². The maximum atomic E-state index is 11.8. The molecule has 1 aliphatic carbocycles. The Hall–Kier alpha value is -0.780. The molecule has 3 N–H and O–H groups in total. The van der Waals surface area contributed by atoms with Crippen LogP contribution in [0, 0.1) is 0 Å². The normalized spacial score (nSPS) is 22.9. The Kier molecular flexibility index (Phi) is 5.07. The van der Waals surface area contributed by atoms with Crippen LogP contribution in [0.3, 0.4) is 0 Å². The maximum absolute atomic E-state index is 11.8. The predicted octanol–water partition coefficient (Wildman–Crippen LogP) is 3.53. The first-order valence-corrected chi connectivity index (χ1v) is 7.44. The van der Waals surface area contributed by atoms with Crippen molar-refractivity contribution in [2.75, 3.05) is 5.32 Å². The zero-order valence-electron chi connectivity index (χ0n) is 10.3. The van der Waals surface area contributed by atoms with E-state index < -0.39 is 6.10 Å². The molecule has 0 bridgehead atoms. The number of halogens is 2. The number of anilines is 1. The number of nitrogens with one attached hydrogen (secondary N) is 2. The third-order valence-corrected chi connectivity index (χ3v) is 4.46. The van der Waals surface area contributed by atoms with E-state index in [4.69, 9.17) is 11.6 Å². The Balaban J connectivity index is 1.91. The Morgan fingerprint density at radius 3 is 2.79 bits per heavy atom. The van der Waals surface area contributed by atoms with E-state index in [1.807, 2.05) is 0 Å².